The first kappa shape index (κ1) is 17.7. The van der Waals surface area contributed by atoms with Crippen molar-refractivity contribution in [1.29, 1.82) is 0 Å². The van der Waals surface area contributed by atoms with Crippen molar-refractivity contribution in [2.45, 2.75) is 32.9 Å². The molecule has 0 aliphatic carbocycles. The molecule has 0 aromatic carbocycles. The van der Waals surface area contributed by atoms with E-state index >= 15 is 0 Å². The fraction of sp³-hybridized carbons (Fsp3) is 0.615. The number of nitrogens with two attached hydrogens (primary N) is 1. The zero-order chi connectivity index (χ0) is 14.9. The van der Waals surface area contributed by atoms with Crippen molar-refractivity contribution in [3.8, 4) is 0 Å². The van der Waals surface area contributed by atoms with Crippen LogP contribution >= 0.6 is 0 Å². The molecule has 110 valence electrons. The maximum absolute atomic E-state index is 12.1. The van der Waals surface area contributed by atoms with E-state index in [-0.39, 0.29) is 12.5 Å². The number of hydrogen-bond donors (Lipinski definition) is 1. The van der Waals surface area contributed by atoms with Gasteiger partial charge in [-0.3, -0.25) is 4.79 Å². The average molecular weight is 278 g/mol. The van der Waals surface area contributed by atoms with Gasteiger partial charge in [0.25, 0.3) is 0 Å². The molecule has 0 aromatic rings. The summed E-state index contributed by atoms with van der Waals surface area (Å²) in [4.78, 5) is 12.9. The summed E-state index contributed by atoms with van der Waals surface area (Å²) in [7, 11) is 0. The summed E-state index contributed by atoms with van der Waals surface area (Å²) in [5.74, 6) is -0.142. The van der Waals surface area contributed by atoms with Gasteiger partial charge >= 0.3 is 6.18 Å². The normalized spacial score (nSPS) is 13.1. The number of carbonyl (C=O) groups excluding carboxylic acids is 1. The Morgan fingerprint density at radius 1 is 1.37 bits per heavy atom. The Morgan fingerprint density at radius 3 is 2.42 bits per heavy atom. The maximum atomic E-state index is 12.1. The third kappa shape index (κ3) is 9.30. The Hall–Kier alpha value is -1.30. The third-order valence-electron chi connectivity index (χ3n) is 2.37. The molecule has 0 unspecified atom stereocenters. The lowest BCUT2D eigenvalue weighted by atomic mass is 10.1. The number of nitrogens with zero attached hydrogens (tertiary/aromatic N) is 1. The average Bonchev–Trinajstić information content (AvgIpc) is 2.26. The van der Waals surface area contributed by atoms with Crippen molar-refractivity contribution >= 4 is 5.91 Å². The van der Waals surface area contributed by atoms with Crippen molar-refractivity contribution in [3.63, 3.8) is 0 Å². The summed E-state index contributed by atoms with van der Waals surface area (Å²) in [6.45, 7) is 4.31. The van der Waals surface area contributed by atoms with Gasteiger partial charge in [-0.1, -0.05) is 25.2 Å². The van der Waals surface area contributed by atoms with Crippen LogP contribution < -0.4 is 5.73 Å². The van der Waals surface area contributed by atoms with E-state index in [1.54, 1.807) is 6.08 Å². The highest BCUT2D eigenvalue weighted by molar-refractivity contribution is 5.73. The van der Waals surface area contributed by atoms with Crippen LogP contribution in [0.3, 0.4) is 0 Å². The molecule has 0 spiro atoms. The number of carbonyl (C=O) groups is 1. The predicted molar refractivity (Wildman–Crippen MR) is 69.5 cm³/mol. The number of allylic oxidation sites excluding steroid dienone is 2. The van der Waals surface area contributed by atoms with Gasteiger partial charge in [-0.25, -0.2) is 0 Å². The van der Waals surface area contributed by atoms with E-state index in [1.807, 2.05) is 6.92 Å². The van der Waals surface area contributed by atoms with E-state index in [0.717, 1.165) is 6.08 Å². The number of alkyl halides is 3. The van der Waals surface area contributed by atoms with Crippen LogP contribution in [0.1, 0.15) is 26.7 Å². The molecule has 0 atom stereocenters. The van der Waals surface area contributed by atoms with Crippen molar-refractivity contribution in [1.82, 2.24) is 4.90 Å². The Balaban J connectivity index is 4.65. The van der Waals surface area contributed by atoms with Crippen LogP contribution in [0.4, 0.5) is 13.2 Å². The van der Waals surface area contributed by atoms with Crippen LogP contribution in [-0.4, -0.2) is 36.6 Å². The molecule has 0 heterocycles. The van der Waals surface area contributed by atoms with Gasteiger partial charge in [0.15, 0.2) is 0 Å². The molecule has 6 heteroatoms. The van der Waals surface area contributed by atoms with Crippen LogP contribution in [-0.2, 0) is 4.79 Å². The minimum atomic E-state index is -4.20. The maximum Gasteiger partial charge on any atom is 0.392 e. The molecule has 0 saturated carbocycles. The molecular formula is C13H21F3N2O. The monoisotopic (exact) mass is 278 g/mol. The van der Waals surface area contributed by atoms with Gasteiger partial charge in [0.1, 0.15) is 0 Å². The molecular weight excluding hydrogens is 257 g/mol. The molecule has 3 nitrogen and oxygen atoms in total. The molecule has 0 fully saturated rings. The predicted octanol–water partition coefficient (Wildman–Crippen LogP) is 2.64. The van der Waals surface area contributed by atoms with E-state index in [9.17, 15) is 18.0 Å². The fourth-order valence-electron chi connectivity index (χ4n) is 1.52. The highest BCUT2D eigenvalue weighted by Gasteiger charge is 2.24. The topological polar surface area (TPSA) is 46.3 Å². The molecule has 0 aliphatic rings. The second-order valence-corrected chi connectivity index (χ2v) is 4.14. The summed E-state index contributed by atoms with van der Waals surface area (Å²) in [5, 5.41) is 0. The first-order valence-corrected chi connectivity index (χ1v) is 6.18. The summed E-state index contributed by atoms with van der Waals surface area (Å²) in [5.41, 5.74) is 6.08. The quantitative estimate of drug-likeness (QED) is 0.728. The highest BCUT2D eigenvalue weighted by Crippen LogP contribution is 2.20. The highest BCUT2D eigenvalue weighted by atomic mass is 19.4. The smallest absolute Gasteiger partial charge is 0.337 e. The summed E-state index contributed by atoms with van der Waals surface area (Å²) < 4.78 is 36.2. The fourth-order valence-corrected chi connectivity index (χ4v) is 1.52. The molecule has 0 bridgehead atoms. The largest absolute Gasteiger partial charge is 0.392 e. The van der Waals surface area contributed by atoms with Crippen LogP contribution in [0.2, 0.25) is 0 Å². The van der Waals surface area contributed by atoms with E-state index in [4.69, 9.17) is 5.73 Å². The van der Waals surface area contributed by atoms with E-state index in [2.05, 4.69) is 0 Å². The SMILES string of the molecule is CC/C=C(\C=C/CC(F)(F)F)CN(CCN)C(C)=O. The van der Waals surface area contributed by atoms with Gasteiger partial charge < -0.3 is 10.6 Å². The second-order valence-electron chi connectivity index (χ2n) is 4.14. The molecule has 0 aromatic heterocycles. The standard InChI is InChI=1S/C13H21F3N2O/c1-3-5-12(6-4-7-13(14,15)16)10-18(9-8-17)11(2)19/h4-6H,3,7-10,17H2,1-2H3/b6-4-,12-5+. The van der Waals surface area contributed by atoms with E-state index < -0.39 is 12.6 Å². The molecule has 0 rings (SSSR count). The molecule has 1 amide bonds. The minimum Gasteiger partial charge on any atom is -0.337 e. The van der Waals surface area contributed by atoms with E-state index in [0.29, 0.717) is 25.1 Å². The van der Waals surface area contributed by atoms with Gasteiger partial charge in [-0.05, 0) is 12.0 Å². The molecule has 19 heavy (non-hydrogen) atoms. The van der Waals surface area contributed by atoms with Crippen LogP contribution in [0, 0.1) is 0 Å². The lowest BCUT2D eigenvalue weighted by Gasteiger charge is -2.20. The first-order chi connectivity index (χ1) is 8.80. The lowest BCUT2D eigenvalue weighted by molar-refractivity contribution is -0.128. The number of halogens is 3. The summed E-state index contributed by atoms with van der Waals surface area (Å²) in [6.07, 6.45) is -0.179. The molecule has 0 aliphatic heterocycles. The minimum absolute atomic E-state index is 0.142. The summed E-state index contributed by atoms with van der Waals surface area (Å²) in [6, 6.07) is 0. The van der Waals surface area contributed by atoms with Crippen molar-refractivity contribution in [2.75, 3.05) is 19.6 Å². The van der Waals surface area contributed by atoms with Gasteiger partial charge in [-0.15, -0.1) is 0 Å². The Kier molecular flexibility index (Phi) is 8.14. The van der Waals surface area contributed by atoms with Gasteiger partial charge in [-0.2, -0.15) is 13.2 Å². The zero-order valence-electron chi connectivity index (χ0n) is 11.3. The van der Waals surface area contributed by atoms with Crippen LogP contribution in [0.5, 0.6) is 0 Å². The van der Waals surface area contributed by atoms with Crippen molar-refractivity contribution in [3.05, 3.63) is 23.8 Å². The Morgan fingerprint density at radius 2 is 2.00 bits per heavy atom. The van der Waals surface area contributed by atoms with Crippen molar-refractivity contribution in [2.24, 2.45) is 5.73 Å². The van der Waals surface area contributed by atoms with Crippen LogP contribution in [0.15, 0.2) is 23.8 Å². The number of hydrogen-bond acceptors (Lipinski definition) is 2. The van der Waals surface area contributed by atoms with Crippen LogP contribution in [0.25, 0.3) is 0 Å². The molecule has 0 saturated heterocycles. The van der Waals surface area contributed by atoms with Gasteiger partial charge in [0.05, 0.1) is 6.42 Å². The third-order valence-corrected chi connectivity index (χ3v) is 2.37. The van der Waals surface area contributed by atoms with Gasteiger partial charge in [0, 0.05) is 26.6 Å². The van der Waals surface area contributed by atoms with Crippen molar-refractivity contribution < 1.29 is 18.0 Å². The Bertz CT molecular complexity index is 335. The lowest BCUT2D eigenvalue weighted by Crippen LogP contribution is -2.35. The molecule has 0 radical (unpaired) electrons. The van der Waals surface area contributed by atoms with E-state index in [1.165, 1.54) is 17.9 Å². The van der Waals surface area contributed by atoms with Gasteiger partial charge in [0.2, 0.25) is 5.91 Å². The number of amides is 1. The Labute approximate surface area is 111 Å². The summed E-state index contributed by atoms with van der Waals surface area (Å²) >= 11 is 0. The molecule has 2 N–H and O–H groups in total. The number of rotatable bonds is 7. The first-order valence-electron chi connectivity index (χ1n) is 6.18. The second kappa shape index (κ2) is 8.74. The zero-order valence-corrected chi connectivity index (χ0v) is 11.3.